The number of nitrogens with one attached hydrogen (secondary N) is 1. The summed E-state index contributed by atoms with van der Waals surface area (Å²) in [7, 11) is 0. The van der Waals surface area contributed by atoms with E-state index in [4.69, 9.17) is 17.3 Å². The molecule has 2 rings (SSSR count). The number of primary amides is 1. The number of amides is 2. The fourth-order valence-corrected chi connectivity index (χ4v) is 2.11. The van der Waals surface area contributed by atoms with E-state index in [9.17, 15) is 9.59 Å². The third-order valence-corrected chi connectivity index (χ3v) is 3.53. The normalized spacial score (nSPS) is 13.2. The van der Waals surface area contributed by atoms with Crippen molar-refractivity contribution in [3.63, 3.8) is 0 Å². The van der Waals surface area contributed by atoms with Crippen LogP contribution in [0.25, 0.3) is 0 Å². The van der Waals surface area contributed by atoms with Crippen LogP contribution >= 0.6 is 11.6 Å². The number of pyridine rings is 1. The average Bonchev–Trinajstić information content (AvgIpc) is 2.48. The Morgan fingerprint density at radius 3 is 2.48 bits per heavy atom. The van der Waals surface area contributed by atoms with E-state index in [1.807, 2.05) is 6.07 Å². The molecule has 0 saturated heterocycles. The Hall–Kier alpha value is -2.40. The summed E-state index contributed by atoms with van der Waals surface area (Å²) in [4.78, 5) is 28.0. The Balaban J connectivity index is 2.36. The topological polar surface area (TPSA) is 85.1 Å². The van der Waals surface area contributed by atoms with Gasteiger partial charge in [0, 0.05) is 12.4 Å². The van der Waals surface area contributed by atoms with E-state index in [1.165, 1.54) is 18.5 Å². The van der Waals surface area contributed by atoms with Crippen LogP contribution in [-0.4, -0.2) is 16.8 Å². The lowest BCUT2D eigenvalue weighted by Gasteiger charge is -2.28. The maximum absolute atomic E-state index is 12.3. The van der Waals surface area contributed by atoms with Crippen molar-refractivity contribution in [2.75, 3.05) is 0 Å². The van der Waals surface area contributed by atoms with Gasteiger partial charge in [-0.3, -0.25) is 14.6 Å². The van der Waals surface area contributed by atoms with Crippen molar-refractivity contribution in [1.82, 2.24) is 10.3 Å². The largest absolute Gasteiger partial charge is 0.367 e. The van der Waals surface area contributed by atoms with E-state index in [2.05, 4.69) is 10.3 Å². The fourth-order valence-electron chi connectivity index (χ4n) is 1.90. The summed E-state index contributed by atoms with van der Waals surface area (Å²) in [5.41, 5.74) is 4.97. The van der Waals surface area contributed by atoms with Gasteiger partial charge in [-0.05, 0) is 18.6 Å². The van der Waals surface area contributed by atoms with E-state index < -0.39 is 17.4 Å². The first-order chi connectivity index (χ1) is 9.95. The van der Waals surface area contributed by atoms with Gasteiger partial charge in [-0.2, -0.15) is 0 Å². The predicted octanol–water partition coefficient (Wildman–Crippen LogP) is 1.87. The molecule has 3 N–H and O–H groups in total. The number of hydrogen-bond donors (Lipinski definition) is 2. The SMILES string of the molecule is C[C@@](NC(=O)c1ccncc1Cl)(C(N)=O)c1ccccc1. The Labute approximate surface area is 127 Å². The molecule has 0 saturated carbocycles. The molecule has 21 heavy (non-hydrogen) atoms. The van der Waals surface area contributed by atoms with Crippen LogP contribution in [0.5, 0.6) is 0 Å². The second kappa shape index (κ2) is 5.93. The number of nitrogens with zero attached hydrogens (tertiary/aromatic N) is 1. The van der Waals surface area contributed by atoms with E-state index in [-0.39, 0.29) is 10.6 Å². The molecule has 0 aliphatic heterocycles. The molecular formula is C15H14ClN3O2. The zero-order chi connectivity index (χ0) is 15.5. The summed E-state index contributed by atoms with van der Waals surface area (Å²) >= 11 is 5.93. The number of hydrogen-bond acceptors (Lipinski definition) is 3. The minimum Gasteiger partial charge on any atom is -0.367 e. The fraction of sp³-hybridized carbons (Fsp3) is 0.133. The summed E-state index contributed by atoms with van der Waals surface area (Å²) in [6, 6.07) is 10.3. The molecule has 0 aliphatic rings. The van der Waals surface area contributed by atoms with Crippen molar-refractivity contribution < 1.29 is 9.59 Å². The van der Waals surface area contributed by atoms with Gasteiger partial charge in [0.25, 0.3) is 5.91 Å². The minimum absolute atomic E-state index is 0.204. The van der Waals surface area contributed by atoms with E-state index >= 15 is 0 Å². The lowest BCUT2D eigenvalue weighted by atomic mass is 9.91. The number of rotatable bonds is 4. The maximum Gasteiger partial charge on any atom is 0.254 e. The highest BCUT2D eigenvalue weighted by Gasteiger charge is 2.35. The number of halogens is 1. The van der Waals surface area contributed by atoms with E-state index in [1.54, 1.807) is 31.2 Å². The zero-order valence-corrected chi connectivity index (χ0v) is 12.1. The van der Waals surface area contributed by atoms with Crippen LogP contribution in [0.4, 0.5) is 0 Å². The summed E-state index contributed by atoms with van der Waals surface area (Å²) in [5, 5.41) is 2.84. The Morgan fingerprint density at radius 2 is 1.90 bits per heavy atom. The van der Waals surface area contributed by atoms with Crippen molar-refractivity contribution in [1.29, 1.82) is 0 Å². The van der Waals surface area contributed by atoms with Crippen LogP contribution in [0, 0.1) is 0 Å². The molecule has 1 atom stereocenters. The average molecular weight is 304 g/mol. The van der Waals surface area contributed by atoms with Crippen LogP contribution in [0.15, 0.2) is 48.8 Å². The number of benzene rings is 1. The molecule has 0 fully saturated rings. The van der Waals surface area contributed by atoms with Crippen molar-refractivity contribution in [3.05, 3.63) is 64.9 Å². The summed E-state index contributed by atoms with van der Waals surface area (Å²) in [5.74, 6) is -1.15. The van der Waals surface area contributed by atoms with Gasteiger partial charge in [-0.15, -0.1) is 0 Å². The van der Waals surface area contributed by atoms with Gasteiger partial charge in [0.1, 0.15) is 5.54 Å². The number of aromatic nitrogens is 1. The summed E-state index contributed by atoms with van der Waals surface area (Å²) in [6.07, 6.45) is 2.81. The molecule has 0 spiro atoms. The molecule has 5 nitrogen and oxygen atoms in total. The van der Waals surface area contributed by atoms with E-state index in [0.29, 0.717) is 5.56 Å². The van der Waals surface area contributed by atoms with E-state index in [0.717, 1.165) is 0 Å². The first kappa shape index (κ1) is 15.0. The molecule has 6 heteroatoms. The molecule has 0 aliphatic carbocycles. The second-order valence-electron chi connectivity index (χ2n) is 4.66. The molecule has 2 amide bonds. The zero-order valence-electron chi connectivity index (χ0n) is 11.3. The van der Waals surface area contributed by atoms with Crippen LogP contribution in [0.2, 0.25) is 5.02 Å². The number of carbonyl (C=O) groups is 2. The third kappa shape index (κ3) is 3.03. The molecule has 0 unspecified atom stereocenters. The number of carbonyl (C=O) groups excluding carboxylic acids is 2. The van der Waals surface area contributed by atoms with Gasteiger partial charge in [-0.25, -0.2) is 0 Å². The van der Waals surface area contributed by atoms with Gasteiger partial charge < -0.3 is 11.1 Å². The van der Waals surface area contributed by atoms with Crippen LogP contribution in [-0.2, 0) is 10.3 Å². The van der Waals surface area contributed by atoms with Crippen molar-refractivity contribution in [3.8, 4) is 0 Å². The lowest BCUT2D eigenvalue weighted by Crippen LogP contribution is -2.52. The monoisotopic (exact) mass is 303 g/mol. The standard InChI is InChI=1S/C15H14ClN3O2/c1-15(14(17)21,10-5-3-2-4-6-10)19-13(20)11-7-8-18-9-12(11)16/h2-9H,1H3,(H2,17,21)(H,19,20)/t15-/m0/s1. The Kier molecular flexibility index (Phi) is 4.23. The van der Waals surface area contributed by atoms with Crippen molar-refractivity contribution >= 4 is 23.4 Å². The minimum atomic E-state index is -1.33. The van der Waals surface area contributed by atoms with Crippen molar-refractivity contribution in [2.45, 2.75) is 12.5 Å². The molecule has 2 aromatic rings. The van der Waals surface area contributed by atoms with Gasteiger partial charge in [0.2, 0.25) is 5.91 Å². The van der Waals surface area contributed by atoms with Crippen molar-refractivity contribution in [2.24, 2.45) is 5.73 Å². The highest BCUT2D eigenvalue weighted by molar-refractivity contribution is 6.33. The van der Waals surface area contributed by atoms with Crippen LogP contribution in [0.1, 0.15) is 22.8 Å². The molecule has 1 aromatic heterocycles. The molecule has 0 bridgehead atoms. The van der Waals surface area contributed by atoms with Gasteiger partial charge in [-0.1, -0.05) is 41.9 Å². The maximum atomic E-state index is 12.3. The summed E-state index contributed by atoms with van der Waals surface area (Å²) in [6.45, 7) is 1.55. The number of nitrogens with two attached hydrogens (primary N) is 1. The molecule has 0 radical (unpaired) electrons. The smallest absolute Gasteiger partial charge is 0.254 e. The second-order valence-corrected chi connectivity index (χ2v) is 5.07. The molecule has 1 aromatic carbocycles. The lowest BCUT2D eigenvalue weighted by molar-refractivity contribution is -0.123. The highest BCUT2D eigenvalue weighted by Crippen LogP contribution is 2.22. The predicted molar refractivity (Wildman–Crippen MR) is 79.7 cm³/mol. The first-order valence-electron chi connectivity index (χ1n) is 6.22. The highest BCUT2D eigenvalue weighted by atomic mass is 35.5. The van der Waals surface area contributed by atoms with Gasteiger partial charge >= 0.3 is 0 Å². The molecular weight excluding hydrogens is 290 g/mol. The van der Waals surface area contributed by atoms with Crippen LogP contribution < -0.4 is 11.1 Å². The Morgan fingerprint density at radius 1 is 1.24 bits per heavy atom. The van der Waals surface area contributed by atoms with Gasteiger partial charge in [0.15, 0.2) is 0 Å². The first-order valence-corrected chi connectivity index (χ1v) is 6.60. The quantitative estimate of drug-likeness (QED) is 0.904. The molecule has 1 heterocycles. The summed E-state index contributed by atoms with van der Waals surface area (Å²) < 4.78 is 0. The Bertz CT molecular complexity index is 676. The molecule has 108 valence electrons. The van der Waals surface area contributed by atoms with Crippen LogP contribution in [0.3, 0.4) is 0 Å². The third-order valence-electron chi connectivity index (χ3n) is 3.22. The van der Waals surface area contributed by atoms with Gasteiger partial charge in [0.05, 0.1) is 10.6 Å².